The third-order valence-corrected chi connectivity index (χ3v) is 7.24. The van der Waals surface area contributed by atoms with Gasteiger partial charge in [-0.25, -0.2) is 0 Å². The summed E-state index contributed by atoms with van der Waals surface area (Å²) in [4.78, 5) is 7.90. The summed E-state index contributed by atoms with van der Waals surface area (Å²) < 4.78 is 5.47. The molecular formula is C24H41N3O2. The van der Waals surface area contributed by atoms with Crippen LogP contribution in [0.3, 0.4) is 0 Å². The molecule has 0 spiro atoms. The lowest BCUT2D eigenvalue weighted by Crippen LogP contribution is -2.58. The predicted molar refractivity (Wildman–Crippen MR) is 120 cm³/mol. The first-order valence-electron chi connectivity index (χ1n) is 11.4. The van der Waals surface area contributed by atoms with Crippen LogP contribution >= 0.6 is 0 Å². The van der Waals surface area contributed by atoms with Crippen LogP contribution in [0.2, 0.25) is 0 Å². The maximum absolute atomic E-state index is 9.70. The van der Waals surface area contributed by atoms with Gasteiger partial charge in [-0.05, 0) is 82.8 Å². The zero-order chi connectivity index (χ0) is 21.0. The van der Waals surface area contributed by atoms with Gasteiger partial charge in [-0.3, -0.25) is 9.80 Å². The molecule has 2 aliphatic heterocycles. The Kier molecular flexibility index (Phi) is 7.97. The Morgan fingerprint density at radius 2 is 1.79 bits per heavy atom. The van der Waals surface area contributed by atoms with Crippen molar-refractivity contribution in [2.45, 2.75) is 71.6 Å². The Balaban J connectivity index is 1.62. The Bertz CT molecular complexity index is 656. The highest BCUT2D eigenvalue weighted by Crippen LogP contribution is 2.28. The average Bonchev–Trinajstić information content (AvgIpc) is 2.72. The van der Waals surface area contributed by atoms with Crippen LogP contribution < -0.4 is 4.74 Å². The van der Waals surface area contributed by atoms with Gasteiger partial charge >= 0.3 is 0 Å². The van der Waals surface area contributed by atoms with Crippen molar-refractivity contribution in [2.24, 2.45) is 0 Å². The van der Waals surface area contributed by atoms with E-state index in [4.69, 9.17) is 4.74 Å². The van der Waals surface area contributed by atoms with Crippen LogP contribution in [0.4, 0.5) is 0 Å². The van der Waals surface area contributed by atoms with Crippen molar-refractivity contribution >= 4 is 0 Å². The Labute approximate surface area is 177 Å². The second kappa shape index (κ2) is 10.3. The maximum atomic E-state index is 9.70. The summed E-state index contributed by atoms with van der Waals surface area (Å²) in [6.07, 6.45) is 3.40. The summed E-state index contributed by atoms with van der Waals surface area (Å²) in [5.41, 5.74) is 3.98. The molecule has 0 amide bonds. The number of benzene rings is 1. The smallest absolute Gasteiger partial charge is 0.122 e. The van der Waals surface area contributed by atoms with Gasteiger partial charge in [-0.15, -0.1) is 0 Å². The van der Waals surface area contributed by atoms with E-state index in [1.54, 1.807) is 7.11 Å². The van der Waals surface area contributed by atoms with Crippen molar-refractivity contribution in [3.05, 3.63) is 28.8 Å². The van der Waals surface area contributed by atoms with Crippen LogP contribution in [0.5, 0.6) is 5.75 Å². The van der Waals surface area contributed by atoms with Gasteiger partial charge in [0, 0.05) is 50.9 Å². The topological polar surface area (TPSA) is 39.2 Å². The molecule has 0 saturated carbocycles. The van der Waals surface area contributed by atoms with Gasteiger partial charge in [0.25, 0.3) is 0 Å². The molecule has 1 N–H and O–H groups in total. The number of piperidine rings is 1. The zero-order valence-corrected chi connectivity index (χ0v) is 19.2. The summed E-state index contributed by atoms with van der Waals surface area (Å²) >= 11 is 0. The number of ether oxygens (including phenoxy) is 1. The highest BCUT2D eigenvalue weighted by atomic mass is 16.5. The van der Waals surface area contributed by atoms with Crippen LogP contribution in [0.15, 0.2) is 12.1 Å². The minimum atomic E-state index is 0.278. The number of aliphatic hydroxyl groups is 1. The molecule has 0 aromatic heterocycles. The highest BCUT2D eigenvalue weighted by Gasteiger charge is 2.34. The first-order chi connectivity index (χ1) is 13.9. The summed E-state index contributed by atoms with van der Waals surface area (Å²) in [7, 11) is 1.74. The van der Waals surface area contributed by atoms with Gasteiger partial charge < -0.3 is 14.7 Å². The molecule has 0 radical (unpaired) electrons. The van der Waals surface area contributed by atoms with Crippen LogP contribution in [0.1, 0.15) is 49.8 Å². The molecule has 29 heavy (non-hydrogen) atoms. The molecule has 5 nitrogen and oxygen atoms in total. The number of methoxy groups -OCH3 is 1. The Morgan fingerprint density at radius 1 is 1.07 bits per heavy atom. The monoisotopic (exact) mass is 403 g/mol. The SMILES string of the molecule is COc1ccc(CN2CCN(C3CCN(C(C)C)CC3)[C@H](CCO)C2)c(C)c1C. The molecule has 2 saturated heterocycles. The third kappa shape index (κ3) is 5.32. The standard InChI is InChI=1S/C24H41N3O2/c1-18(2)26-11-8-22(9-12-26)27-14-13-25(17-23(27)10-15-28)16-21-6-7-24(29-5)20(4)19(21)3/h6-7,18,22-23,28H,8-17H2,1-5H3/t23-/m1/s1. The summed E-state index contributed by atoms with van der Waals surface area (Å²) in [5, 5.41) is 9.70. The number of hydrogen-bond donors (Lipinski definition) is 1. The molecule has 2 aliphatic rings. The Hall–Kier alpha value is -1.14. The summed E-state index contributed by atoms with van der Waals surface area (Å²) in [5.74, 6) is 0.974. The largest absolute Gasteiger partial charge is 0.496 e. The quantitative estimate of drug-likeness (QED) is 0.758. The molecule has 5 heteroatoms. The molecule has 2 heterocycles. The fourth-order valence-electron chi connectivity index (χ4n) is 5.18. The summed E-state index contributed by atoms with van der Waals surface area (Å²) in [6, 6.07) is 6.10. The lowest BCUT2D eigenvalue weighted by atomic mass is 9.96. The molecule has 0 bridgehead atoms. The van der Waals surface area contributed by atoms with Crippen molar-refractivity contribution in [1.29, 1.82) is 0 Å². The van der Waals surface area contributed by atoms with E-state index in [-0.39, 0.29) is 6.61 Å². The van der Waals surface area contributed by atoms with E-state index < -0.39 is 0 Å². The van der Waals surface area contributed by atoms with Crippen molar-refractivity contribution in [3.8, 4) is 5.75 Å². The number of hydrogen-bond acceptors (Lipinski definition) is 5. The zero-order valence-electron chi connectivity index (χ0n) is 19.2. The normalized spacial score (nSPS) is 23.1. The van der Waals surface area contributed by atoms with Crippen molar-refractivity contribution in [1.82, 2.24) is 14.7 Å². The van der Waals surface area contributed by atoms with Crippen LogP contribution in [0.25, 0.3) is 0 Å². The number of rotatable bonds is 7. The van der Waals surface area contributed by atoms with Gasteiger partial charge in [0.05, 0.1) is 7.11 Å². The molecule has 3 rings (SSSR count). The third-order valence-electron chi connectivity index (χ3n) is 7.24. The molecule has 0 aliphatic carbocycles. The van der Waals surface area contributed by atoms with Gasteiger partial charge in [0.15, 0.2) is 0 Å². The van der Waals surface area contributed by atoms with Crippen LogP contribution in [-0.4, -0.2) is 84.4 Å². The minimum Gasteiger partial charge on any atom is -0.496 e. The van der Waals surface area contributed by atoms with E-state index in [0.717, 1.165) is 38.3 Å². The van der Waals surface area contributed by atoms with Gasteiger partial charge in [-0.1, -0.05) is 6.07 Å². The fourth-order valence-corrected chi connectivity index (χ4v) is 5.18. The molecule has 1 aromatic rings. The van der Waals surface area contributed by atoms with E-state index >= 15 is 0 Å². The molecule has 0 unspecified atom stereocenters. The summed E-state index contributed by atoms with van der Waals surface area (Å²) in [6.45, 7) is 15.9. The van der Waals surface area contributed by atoms with E-state index in [9.17, 15) is 5.11 Å². The van der Waals surface area contributed by atoms with E-state index in [1.807, 2.05) is 0 Å². The van der Waals surface area contributed by atoms with Crippen LogP contribution in [-0.2, 0) is 6.54 Å². The van der Waals surface area contributed by atoms with E-state index in [2.05, 4.69) is 54.5 Å². The lowest BCUT2D eigenvalue weighted by molar-refractivity contribution is -0.0000834. The molecule has 1 aromatic carbocycles. The molecule has 2 fully saturated rings. The van der Waals surface area contributed by atoms with Gasteiger partial charge in [0.1, 0.15) is 5.75 Å². The second-order valence-electron chi connectivity index (χ2n) is 9.18. The minimum absolute atomic E-state index is 0.278. The first kappa shape index (κ1) is 22.5. The van der Waals surface area contributed by atoms with Crippen LogP contribution in [0, 0.1) is 13.8 Å². The Morgan fingerprint density at radius 3 is 2.41 bits per heavy atom. The van der Waals surface area contributed by atoms with Gasteiger partial charge in [0.2, 0.25) is 0 Å². The van der Waals surface area contributed by atoms with Crippen molar-refractivity contribution < 1.29 is 9.84 Å². The second-order valence-corrected chi connectivity index (χ2v) is 9.18. The lowest BCUT2D eigenvalue weighted by Gasteiger charge is -2.48. The predicted octanol–water partition coefficient (Wildman–Crippen LogP) is 3.05. The van der Waals surface area contributed by atoms with E-state index in [1.165, 1.54) is 42.6 Å². The fraction of sp³-hybridized carbons (Fsp3) is 0.750. The number of aliphatic hydroxyl groups excluding tert-OH is 1. The van der Waals surface area contributed by atoms with E-state index in [0.29, 0.717) is 18.1 Å². The van der Waals surface area contributed by atoms with Gasteiger partial charge in [-0.2, -0.15) is 0 Å². The van der Waals surface area contributed by atoms with Crippen molar-refractivity contribution in [3.63, 3.8) is 0 Å². The molecule has 164 valence electrons. The van der Waals surface area contributed by atoms with Crippen molar-refractivity contribution in [2.75, 3.05) is 46.4 Å². The average molecular weight is 404 g/mol. The molecule has 1 atom stereocenters. The molecular weight excluding hydrogens is 362 g/mol. The number of likely N-dealkylation sites (tertiary alicyclic amines) is 1. The highest BCUT2D eigenvalue weighted by molar-refractivity contribution is 5.43. The maximum Gasteiger partial charge on any atom is 0.122 e. The first-order valence-corrected chi connectivity index (χ1v) is 11.4. The number of piperazine rings is 1. The number of nitrogens with zero attached hydrogens (tertiary/aromatic N) is 3.